The molecule has 0 bridgehead atoms. The van der Waals surface area contributed by atoms with Crippen LogP contribution >= 0.6 is 23.2 Å². The summed E-state index contributed by atoms with van der Waals surface area (Å²) >= 11 is 12.3. The molecule has 0 N–H and O–H groups in total. The van der Waals surface area contributed by atoms with Gasteiger partial charge in [0.05, 0.1) is 11.6 Å². The monoisotopic (exact) mass is 606 g/mol. The first-order chi connectivity index (χ1) is 19.5. The Morgan fingerprint density at radius 2 is 1.34 bits per heavy atom. The molecule has 0 aromatic heterocycles. The van der Waals surface area contributed by atoms with Crippen LogP contribution in [0.3, 0.4) is 0 Å². The Kier molecular flexibility index (Phi) is 11.0. The lowest BCUT2D eigenvalue weighted by molar-refractivity contribution is -0.138. The van der Waals surface area contributed by atoms with E-state index in [0.717, 1.165) is 56.0 Å². The summed E-state index contributed by atoms with van der Waals surface area (Å²) in [4.78, 5) is 8.78. The molecule has 9 heteroatoms. The standard InChI is InChI=1S/C32H39Cl2F3N4/c1-4-15-38(2)16-17-39(3)29-13-14-30(32(35,36)37)26(22-29)23-40-18-20-41(21-19-40)31(24-5-9-27(33)10-6-24)25-7-11-28(34)12-8-25/h5-14,22,31H,4,15-21,23H2,1-3H3. The van der Waals surface area contributed by atoms with Gasteiger partial charge >= 0.3 is 6.18 Å². The average molecular weight is 608 g/mol. The minimum atomic E-state index is -4.40. The molecular formula is C32H39Cl2F3N4. The maximum Gasteiger partial charge on any atom is 0.416 e. The minimum Gasteiger partial charge on any atom is -0.373 e. The second kappa shape index (κ2) is 14.3. The van der Waals surface area contributed by atoms with E-state index in [-0.39, 0.29) is 12.6 Å². The van der Waals surface area contributed by atoms with E-state index in [1.165, 1.54) is 6.07 Å². The Hall–Kier alpha value is -2.29. The van der Waals surface area contributed by atoms with E-state index in [9.17, 15) is 13.2 Å². The van der Waals surface area contributed by atoms with Crippen molar-refractivity contribution >= 4 is 28.9 Å². The average Bonchev–Trinajstić information content (AvgIpc) is 2.94. The minimum absolute atomic E-state index is 0.000219. The number of rotatable bonds is 11. The van der Waals surface area contributed by atoms with Crippen LogP contribution in [0, 0.1) is 0 Å². The predicted molar refractivity (Wildman–Crippen MR) is 164 cm³/mol. The fourth-order valence-corrected chi connectivity index (χ4v) is 5.75. The van der Waals surface area contributed by atoms with Crippen LogP contribution in [0.25, 0.3) is 0 Å². The molecule has 0 atom stereocenters. The molecule has 1 aliphatic rings. The fourth-order valence-electron chi connectivity index (χ4n) is 5.49. The van der Waals surface area contributed by atoms with E-state index in [1.807, 2.05) is 60.5 Å². The van der Waals surface area contributed by atoms with Gasteiger partial charge in [-0.1, -0.05) is 54.4 Å². The lowest BCUT2D eigenvalue weighted by atomic mass is 9.96. The maximum absolute atomic E-state index is 14.0. The lowest BCUT2D eigenvalue weighted by Crippen LogP contribution is -2.47. The molecule has 3 aromatic rings. The first-order valence-corrected chi connectivity index (χ1v) is 14.9. The second-order valence-electron chi connectivity index (χ2n) is 10.9. The largest absolute Gasteiger partial charge is 0.416 e. The fraction of sp³-hybridized carbons (Fsp3) is 0.438. The number of benzene rings is 3. The molecule has 41 heavy (non-hydrogen) atoms. The number of piperazine rings is 1. The molecular weight excluding hydrogens is 568 g/mol. The SMILES string of the molecule is CCCN(C)CCN(C)c1ccc(C(F)(F)F)c(CN2CCN(C(c3ccc(Cl)cc3)c3ccc(Cl)cc3)CC2)c1. The molecule has 0 unspecified atom stereocenters. The Morgan fingerprint density at radius 1 is 0.780 bits per heavy atom. The van der Waals surface area contributed by atoms with Crippen molar-refractivity contribution in [1.29, 1.82) is 0 Å². The highest BCUT2D eigenvalue weighted by Crippen LogP contribution is 2.36. The van der Waals surface area contributed by atoms with Crippen LogP contribution in [0.1, 0.15) is 41.6 Å². The molecule has 0 radical (unpaired) electrons. The molecule has 0 spiro atoms. The summed E-state index contributed by atoms with van der Waals surface area (Å²) in [5.74, 6) is 0. The first-order valence-electron chi connectivity index (χ1n) is 14.1. The molecule has 1 aliphatic heterocycles. The van der Waals surface area contributed by atoms with Crippen LogP contribution in [-0.4, -0.2) is 74.6 Å². The molecule has 0 saturated carbocycles. The van der Waals surface area contributed by atoms with Crippen molar-refractivity contribution in [3.63, 3.8) is 0 Å². The maximum atomic E-state index is 14.0. The van der Waals surface area contributed by atoms with Crippen LogP contribution in [0.15, 0.2) is 66.7 Å². The number of halogens is 5. The number of alkyl halides is 3. The third-order valence-electron chi connectivity index (χ3n) is 7.79. The van der Waals surface area contributed by atoms with Gasteiger partial charge in [0.2, 0.25) is 0 Å². The molecule has 0 amide bonds. The van der Waals surface area contributed by atoms with Crippen LogP contribution in [-0.2, 0) is 12.7 Å². The zero-order valence-corrected chi connectivity index (χ0v) is 25.5. The molecule has 4 nitrogen and oxygen atoms in total. The lowest BCUT2D eigenvalue weighted by Gasteiger charge is -2.40. The normalized spacial score (nSPS) is 15.2. The summed E-state index contributed by atoms with van der Waals surface area (Å²) in [7, 11) is 4.01. The smallest absolute Gasteiger partial charge is 0.373 e. The number of anilines is 1. The number of hydrogen-bond acceptors (Lipinski definition) is 4. The Balaban J connectivity index is 1.49. The van der Waals surface area contributed by atoms with Gasteiger partial charge in [0.15, 0.2) is 0 Å². The van der Waals surface area contributed by atoms with Gasteiger partial charge in [-0.25, -0.2) is 0 Å². The summed E-state index contributed by atoms with van der Waals surface area (Å²) < 4.78 is 42.0. The van der Waals surface area contributed by atoms with Crippen LogP contribution in [0.4, 0.5) is 18.9 Å². The van der Waals surface area contributed by atoms with Crippen molar-refractivity contribution in [3.05, 3.63) is 99.0 Å². The third kappa shape index (κ3) is 8.62. The van der Waals surface area contributed by atoms with E-state index < -0.39 is 11.7 Å². The molecule has 0 aliphatic carbocycles. The zero-order chi connectivity index (χ0) is 29.6. The summed E-state index contributed by atoms with van der Waals surface area (Å²) in [6.45, 7) is 7.76. The first kappa shape index (κ1) is 31.6. The Labute approximate surface area is 252 Å². The van der Waals surface area contributed by atoms with Crippen LogP contribution in [0.5, 0.6) is 0 Å². The van der Waals surface area contributed by atoms with E-state index in [2.05, 4.69) is 28.7 Å². The van der Waals surface area contributed by atoms with Crippen molar-refractivity contribution in [2.45, 2.75) is 32.1 Å². The van der Waals surface area contributed by atoms with Gasteiger partial charge in [-0.3, -0.25) is 9.80 Å². The van der Waals surface area contributed by atoms with Gasteiger partial charge < -0.3 is 9.80 Å². The Bertz CT molecular complexity index is 1200. The molecule has 1 heterocycles. The van der Waals surface area contributed by atoms with Crippen LogP contribution < -0.4 is 4.90 Å². The number of hydrogen-bond donors (Lipinski definition) is 0. The van der Waals surface area contributed by atoms with Gasteiger partial charge in [-0.05, 0) is 79.2 Å². The molecule has 1 saturated heterocycles. The summed E-state index contributed by atoms with van der Waals surface area (Å²) in [5, 5.41) is 1.35. The van der Waals surface area contributed by atoms with Crippen molar-refractivity contribution in [2.75, 3.05) is 64.8 Å². The number of likely N-dealkylation sites (N-methyl/N-ethyl adjacent to an activating group) is 2. The number of nitrogens with zero attached hydrogens (tertiary/aromatic N) is 4. The molecule has 222 valence electrons. The summed E-state index contributed by atoms with van der Waals surface area (Å²) in [5.41, 5.74) is 2.81. The van der Waals surface area contributed by atoms with Gasteiger partial charge in [-0.15, -0.1) is 0 Å². The van der Waals surface area contributed by atoms with Gasteiger partial charge in [0.1, 0.15) is 0 Å². The van der Waals surface area contributed by atoms with Crippen molar-refractivity contribution in [3.8, 4) is 0 Å². The van der Waals surface area contributed by atoms with E-state index in [4.69, 9.17) is 23.2 Å². The van der Waals surface area contributed by atoms with Gasteiger partial charge in [0.25, 0.3) is 0 Å². The summed E-state index contributed by atoms with van der Waals surface area (Å²) in [6.07, 6.45) is -3.33. The van der Waals surface area contributed by atoms with E-state index in [1.54, 1.807) is 12.1 Å². The van der Waals surface area contributed by atoms with E-state index >= 15 is 0 Å². The molecule has 4 rings (SSSR count). The van der Waals surface area contributed by atoms with Crippen LogP contribution in [0.2, 0.25) is 10.0 Å². The highest BCUT2D eigenvalue weighted by Gasteiger charge is 2.34. The predicted octanol–water partition coefficient (Wildman–Crippen LogP) is 7.70. The zero-order valence-electron chi connectivity index (χ0n) is 24.0. The van der Waals surface area contributed by atoms with Gasteiger partial charge in [-0.2, -0.15) is 13.2 Å². The Morgan fingerprint density at radius 3 is 1.85 bits per heavy atom. The van der Waals surface area contributed by atoms with Crippen molar-refractivity contribution in [2.24, 2.45) is 0 Å². The van der Waals surface area contributed by atoms with Gasteiger partial charge in [0, 0.05) is 68.6 Å². The highest BCUT2D eigenvalue weighted by molar-refractivity contribution is 6.30. The second-order valence-corrected chi connectivity index (χ2v) is 11.8. The van der Waals surface area contributed by atoms with Crippen molar-refractivity contribution in [1.82, 2.24) is 14.7 Å². The third-order valence-corrected chi connectivity index (χ3v) is 8.30. The molecule has 1 fully saturated rings. The summed E-state index contributed by atoms with van der Waals surface area (Å²) in [6, 6.07) is 20.2. The quantitative estimate of drug-likeness (QED) is 0.222. The topological polar surface area (TPSA) is 13.0 Å². The van der Waals surface area contributed by atoms with Crippen molar-refractivity contribution < 1.29 is 13.2 Å². The van der Waals surface area contributed by atoms with E-state index in [0.29, 0.717) is 28.7 Å². The highest BCUT2D eigenvalue weighted by atomic mass is 35.5. The molecule has 3 aromatic carbocycles.